The summed E-state index contributed by atoms with van der Waals surface area (Å²) in [7, 11) is 0. The molecular formula is C21H38N6O7. The van der Waals surface area contributed by atoms with E-state index in [0.717, 1.165) is 0 Å². The van der Waals surface area contributed by atoms with Gasteiger partial charge in [0.1, 0.15) is 18.1 Å². The van der Waals surface area contributed by atoms with Gasteiger partial charge in [0.2, 0.25) is 17.7 Å². The third-order valence-electron chi connectivity index (χ3n) is 5.70. The van der Waals surface area contributed by atoms with E-state index < -0.39 is 60.2 Å². The van der Waals surface area contributed by atoms with Crippen molar-refractivity contribution >= 4 is 29.7 Å². The number of carbonyl (C=O) groups excluding carboxylic acids is 3. The van der Waals surface area contributed by atoms with Gasteiger partial charge < -0.3 is 42.9 Å². The van der Waals surface area contributed by atoms with Gasteiger partial charge in [0.25, 0.3) is 0 Å². The molecule has 0 aromatic heterocycles. The molecule has 1 heterocycles. The Hall–Kier alpha value is -2.77. The number of nitrogens with one attached hydrogen (secondary N) is 2. The van der Waals surface area contributed by atoms with Gasteiger partial charge in [-0.1, -0.05) is 6.42 Å². The molecule has 13 heteroatoms. The molecule has 4 unspecified atom stereocenters. The third kappa shape index (κ3) is 9.61. The molecule has 194 valence electrons. The number of nitrogens with two attached hydrogens (primary N) is 3. The summed E-state index contributed by atoms with van der Waals surface area (Å²) in [6.07, 6.45) is 2.96. The smallest absolute Gasteiger partial charge is 0.326 e. The third-order valence-corrected chi connectivity index (χ3v) is 5.70. The van der Waals surface area contributed by atoms with E-state index in [2.05, 4.69) is 10.6 Å². The molecule has 0 aromatic carbocycles. The molecule has 1 fully saturated rings. The number of likely N-dealkylation sites (tertiary alicyclic amines) is 1. The van der Waals surface area contributed by atoms with Gasteiger partial charge in [-0.25, -0.2) is 4.79 Å². The number of carbonyl (C=O) groups is 5. The van der Waals surface area contributed by atoms with Crippen LogP contribution in [-0.2, 0) is 24.0 Å². The summed E-state index contributed by atoms with van der Waals surface area (Å²) in [6.45, 7) is 1.06. The van der Waals surface area contributed by atoms with Crippen LogP contribution in [0.3, 0.4) is 0 Å². The second-order valence-electron chi connectivity index (χ2n) is 8.42. The SMILES string of the molecule is NCCCCC(N)C(=O)NC(CC(=O)O)C(=O)NC(CCCCN)C(=O)N1CCCC1C(=O)O. The van der Waals surface area contributed by atoms with Crippen molar-refractivity contribution in [3.05, 3.63) is 0 Å². The monoisotopic (exact) mass is 486 g/mol. The Morgan fingerprint density at radius 1 is 0.882 bits per heavy atom. The van der Waals surface area contributed by atoms with Gasteiger partial charge in [-0.3, -0.25) is 19.2 Å². The zero-order chi connectivity index (χ0) is 25.7. The largest absolute Gasteiger partial charge is 0.481 e. The van der Waals surface area contributed by atoms with E-state index in [1.54, 1.807) is 0 Å². The van der Waals surface area contributed by atoms with E-state index in [9.17, 15) is 34.2 Å². The zero-order valence-corrected chi connectivity index (χ0v) is 19.4. The maximum Gasteiger partial charge on any atom is 0.326 e. The number of hydrogen-bond acceptors (Lipinski definition) is 8. The quantitative estimate of drug-likeness (QED) is 0.120. The van der Waals surface area contributed by atoms with Crippen LogP contribution in [0.5, 0.6) is 0 Å². The Morgan fingerprint density at radius 2 is 1.47 bits per heavy atom. The zero-order valence-electron chi connectivity index (χ0n) is 19.4. The fraction of sp³-hybridized carbons (Fsp3) is 0.762. The van der Waals surface area contributed by atoms with E-state index in [1.807, 2.05) is 0 Å². The molecule has 10 N–H and O–H groups in total. The van der Waals surface area contributed by atoms with Crippen LogP contribution in [0.25, 0.3) is 0 Å². The molecule has 0 saturated carbocycles. The van der Waals surface area contributed by atoms with Crippen molar-refractivity contribution in [2.45, 2.75) is 82.0 Å². The van der Waals surface area contributed by atoms with Crippen LogP contribution in [0.4, 0.5) is 0 Å². The molecule has 1 aliphatic rings. The summed E-state index contributed by atoms with van der Waals surface area (Å²) < 4.78 is 0. The van der Waals surface area contributed by atoms with Crippen molar-refractivity contribution in [2.24, 2.45) is 17.2 Å². The highest BCUT2D eigenvalue weighted by molar-refractivity contribution is 5.95. The van der Waals surface area contributed by atoms with Gasteiger partial charge in [-0.15, -0.1) is 0 Å². The molecule has 0 bridgehead atoms. The van der Waals surface area contributed by atoms with Gasteiger partial charge in [-0.05, 0) is 58.0 Å². The van der Waals surface area contributed by atoms with Crippen molar-refractivity contribution in [2.75, 3.05) is 19.6 Å². The lowest BCUT2D eigenvalue weighted by atomic mass is 10.1. The number of amides is 3. The highest BCUT2D eigenvalue weighted by Gasteiger charge is 2.38. The van der Waals surface area contributed by atoms with Crippen LogP contribution in [0.15, 0.2) is 0 Å². The average molecular weight is 487 g/mol. The second-order valence-corrected chi connectivity index (χ2v) is 8.42. The van der Waals surface area contributed by atoms with Crippen molar-refractivity contribution in [3.63, 3.8) is 0 Å². The van der Waals surface area contributed by atoms with Crippen LogP contribution < -0.4 is 27.8 Å². The summed E-state index contributed by atoms with van der Waals surface area (Å²) >= 11 is 0. The van der Waals surface area contributed by atoms with Crippen LogP contribution in [-0.4, -0.2) is 88.6 Å². The number of rotatable bonds is 16. The molecule has 1 aliphatic heterocycles. The number of aliphatic carboxylic acids is 2. The number of hydrogen-bond donors (Lipinski definition) is 7. The minimum absolute atomic E-state index is 0.191. The maximum atomic E-state index is 13.1. The van der Waals surface area contributed by atoms with E-state index in [4.69, 9.17) is 17.2 Å². The van der Waals surface area contributed by atoms with Crippen LogP contribution in [0.2, 0.25) is 0 Å². The number of nitrogens with zero attached hydrogens (tertiary/aromatic N) is 1. The Morgan fingerprint density at radius 3 is 2.03 bits per heavy atom. The Labute approximate surface area is 198 Å². The lowest BCUT2D eigenvalue weighted by Gasteiger charge is -2.28. The highest BCUT2D eigenvalue weighted by Crippen LogP contribution is 2.20. The summed E-state index contributed by atoms with van der Waals surface area (Å²) in [5.41, 5.74) is 16.8. The molecule has 0 aliphatic carbocycles. The van der Waals surface area contributed by atoms with Crippen molar-refractivity contribution in [1.82, 2.24) is 15.5 Å². The Bertz CT molecular complexity index is 720. The standard InChI is InChI=1S/C21H38N6O7/c22-9-3-1-6-13(24)18(30)26-15(12-17(28)29)19(31)25-14(7-2-4-10-23)20(32)27-11-5-8-16(27)21(33)34/h13-16H,1-12,22-24H2,(H,25,31)(H,26,30)(H,28,29)(H,33,34). The lowest BCUT2D eigenvalue weighted by molar-refractivity contribution is -0.149. The first-order valence-electron chi connectivity index (χ1n) is 11.6. The topological polar surface area (TPSA) is 231 Å². The second kappa shape index (κ2) is 15.2. The van der Waals surface area contributed by atoms with E-state index in [1.165, 1.54) is 4.90 Å². The molecule has 3 amide bonds. The van der Waals surface area contributed by atoms with Gasteiger partial charge in [0.05, 0.1) is 12.5 Å². The van der Waals surface area contributed by atoms with E-state index in [0.29, 0.717) is 58.0 Å². The van der Waals surface area contributed by atoms with Gasteiger partial charge in [0.15, 0.2) is 0 Å². The first kappa shape index (κ1) is 29.3. The number of carboxylic acids is 2. The van der Waals surface area contributed by atoms with E-state index >= 15 is 0 Å². The predicted octanol–water partition coefficient (Wildman–Crippen LogP) is -1.91. The van der Waals surface area contributed by atoms with Crippen LogP contribution in [0, 0.1) is 0 Å². The minimum atomic E-state index is -1.45. The summed E-state index contributed by atoms with van der Waals surface area (Å²) in [4.78, 5) is 62.4. The first-order chi connectivity index (χ1) is 16.1. The van der Waals surface area contributed by atoms with Crippen molar-refractivity contribution in [1.29, 1.82) is 0 Å². The summed E-state index contributed by atoms with van der Waals surface area (Å²) in [6, 6.07) is -4.46. The van der Waals surface area contributed by atoms with E-state index in [-0.39, 0.29) is 13.0 Å². The highest BCUT2D eigenvalue weighted by atomic mass is 16.4. The molecule has 1 rings (SSSR count). The average Bonchev–Trinajstić information content (AvgIpc) is 3.27. The molecule has 4 atom stereocenters. The fourth-order valence-electron chi connectivity index (χ4n) is 3.81. The molecule has 1 saturated heterocycles. The Kier molecular flexibility index (Phi) is 13.1. The normalized spacial score (nSPS) is 18.1. The van der Waals surface area contributed by atoms with Gasteiger partial charge >= 0.3 is 11.9 Å². The van der Waals surface area contributed by atoms with Gasteiger partial charge in [0, 0.05) is 6.54 Å². The molecule has 0 aromatic rings. The minimum Gasteiger partial charge on any atom is -0.481 e. The summed E-state index contributed by atoms with van der Waals surface area (Å²) in [5.74, 6) is -4.56. The van der Waals surface area contributed by atoms with Crippen molar-refractivity contribution in [3.8, 4) is 0 Å². The Balaban J connectivity index is 2.94. The number of carboxylic acid groups (broad SMARTS) is 2. The predicted molar refractivity (Wildman–Crippen MR) is 122 cm³/mol. The molecule has 34 heavy (non-hydrogen) atoms. The summed E-state index contributed by atoms with van der Waals surface area (Å²) in [5, 5.41) is 23.5. The lowest BCUT2D eigenvalue weighted by Crippen LogP contribution is -2.57. The fourth-order valence-corrected chi connectivity index (χ4v) is 3.81. The van der Waals surface area contributed by atoms with Crippen LogP contribution in [0.1, 0.15) is 57.8 Å². The van der Waals surface area contributed by atoms with Crippen LogP contribution >= 0.6 is 0 Å². The molecular weight excluding hydrogens is 448 g/mol. The van der Waals surface area contributed by atoms with Gasteiger partial charge in [-0.2, -0.15) is 0 Å². The maximum absolute atomic E-state index is 13.1. The first-order valence-corrected chi connectivity index (χ1v) is 11.6. The molecule has 0 radical (unpaired) electrons. The molecule has 0 spiro atoms. The van der Waals surface area contributed by atoms with Crippen molar-refractivity contribution < 1.29 is 34.2 Å². The molecule has 13 nitrogen and oxygen atoms in total. The number of unbranched alkanes of at least 4 members (excludes halogenated alkanes) is 2.